The molecule has 0 aromatic heterocycles. The Morgan fingerprint density at radius 3 is 2.58 bits per heavy atom. The van der Waals surface area contributed by atoms with Gasteiger partial charge in [-0.2, -0.15) is 0 Å². The van der Waals surface area contributed by atoms with Gasteiger partial charge >= 0.3 is 0 Å². The Morgan fingerprint density at radius 1 is 1.11 bits per heavy atom. The van der Waals surface area contributed by atoms with Crippen LogP contribution in [0.25, 0.3) is 0 Å². The monoisotopic (exact) mass is 297 g/mol. The molecule has 0 aliphatic carbocycles. The lowest BCUT2D eigenvalue weighted by Gasteiger charge is -2.15. The van der Waals surface area contributed by atoms with Crippen LogP contribution >= 0.6 is 23.2 Å². The molecule has 0 heterocycles. The molecule has 3 N–H and O–H groups in total. The highest BCUT2D eigenvalue weighted by molar-refractivity contribution is 6.42. The van der Waals surface area contributed by atoms with Gasteiger partial charge in [0, 0.05) is 11.3 Å². The molecule has 2 rings (SSSR count). The van der Waals surface area contributed by atoms with Crippen molar-refractivity contribution in [1.29, 1.82) is 0 Å². The van der Waals surface area contributed by atoms with Gasteiger partial charge in [-0.15, -0.1) is 0 Å². The lowest BCUT2D eigenvalue weighted by molar-refractivity contribution is 0.109. The first-order valence-electron chi connectivity index (χ1n) is 5.69. The number of nitrogen functional groups attached to an aromatic ring is 1. The Bertz CT molecular complexity index is 575. The Balaban J connectivity index is 2.07. The second kappa shape index (κ2) is 6.15. The second-order valence-corrected chi connectivity index (χ2v) is 4.79. The maximum atomic E-state index is 10.0. The third kappa shape index (κ3) is 3.32. The van der Waals surface area contributed by atoms with Crippen molar-refractivity contribution in [3.05, 3.63) is 58.1 Å². The van der Waals surface area contributed by atoms with Gasteiger partial charge < -0.3 is 15.6 Å². The van der Waals surface area contributed by atoms with Crippen molar-refractivity contribution in [2.75, 3.05) is 12.3 Å². The normalized spacial score (nSPS) is 12.2. The summed E-state index contributed by atoms with van der Waals surface area (Å²) in [4.78, 5) is 0. The van der Waals surface area contributed by atoms with Crippen LogP contribution in [0.15, 0.2) is 42.5 Å². The molecule has 0 bridgehead atoms. The highest BCUT2D eigenvalue weighted by Gasteiger charge is 2.13. The molecule has 0 saturated heterocycles. The van der Waals surface area contributed by atoms with E-state index in [4.69, 9.17) is 33.7 Å². The van der Waals surface area contributed by atoms with E-state index in [2.05, 4.69) is 0 Å². The highest BCUT2D eigenvalue weighted by Crippen LogP contribution is 2.32. The molecule has 100 valence electrons. The minimum atomic E-state index is -0.823. The molecule has 3 nitrogen and oxygen atoms in total. The quantitative estimate of drug-likeness (QED) is 0.846. The minimum Gasteiger partial charge on any atom is -0.489 e. The molecule has 5 heteroatoms. The van der Waals surface area contributed by atoms with Crippen molar-refractivity contribution in [1.82, 2.24) is 0 Å². The van der Waals surface area contributed by atoms with E-state index in [0.717, 1.165) is 0 Å². The average Bonchev–Trinajstić information content (AvgIpc) is 2.40. The first-order valence-corrected chi connectivity index (χ1v) is 6.44. The van der Waals surface area contributed by atoms with E-state index >= 15 is 0 Å². The number of para-hydroxylation sites is 1. The topological polar surface area (TPSA) is 55.5 Å². The van der Waals surface area contributed by atoms with Crippen LogP contribution in [0.1, 0.15) is 11.7 Å². The molecule has 0 aliphatic heterocycles. The van der Waals surface area contributed by atoms with E-state index in [1.165, 1.54) is 0 Å². The van der Waals surface area contributed by atoms with Gasteiger partial charge in [0.05, 0.1) is 5.02 Å². The molecule has 2 aromatic rings. The van der Waals surface area contributed by atoms with E-state index in [9.17, 15) is 5.11 Å². The maximum absolute atomic E-state index is 10.0. The zero-order valence-corrected chi connectivity index (χ0v) is 11.5. The fourth-order valence-corrected chi connectivity index (χ4v) is 2.01. The zero-order chi connectivity index (χ0) is 13.8. The molecule has 0 fully saturated rings. The molecule has 19 heavy (non-hydrogen) atoms. The van der Waals surface area contributed by atoms with E-state index < -0.39 is 6.10 Å². The number of nitrogens with two attached hydrogens (primary N) is 1. The van der Waals surface area contributed by atoms with Crippen LogP contribution in [0.5, 0.6) is 5.75 Å². The van der Waals surface area contributed by atoms with Crippen LogP contribution in [0.4, 0.5) is 5.69 Å². The summed E-state index contributed by atoms with van der Waals surface area (Å²) in [6.45, 7) is 0.0499. The fraction of sp³-hybridized carbons (Fsp3) is 0.143. The third-order valence-corrected chi connectivity index (χ3v) is 3.47. The predicted molar refractivity (Wildman–Crippen MR) is 77.8 cm³/mol. The summed E-state index contributed by atoms with van der Waals surface area (Å²) in [5.41, 5.74) is 6.93. The molecule has 1 atom stereocenters. The van der Waals surface area contributed by atoms with E-state index in [1.54, 1.807) is 42.5 Å². The summed E-state index contributed by atoms with van der Waals surface area (Å²) < 4.78 is 5.47. The summed E-state index contributed by atoms with van der Waals surface area (Å²) in [6, 6.07) is 12.2. The summed E-state index contributed by atoms with van der Waals surface area (Å²) >= 11 is 11.9. The molecule has 1 unspecified atom stereocenters. The number of anilines is 1. The van der Waals surface area contributed by atoms with Gasteiger partial charge in [-0.3, -0.25) is 0 Å². The maximum Gasteiger partial charge on any atom is 0.139 e. The molecular weight excluding hydrogens is 285 g/mol. The van der Waals surface area contributed by atoms with Gasteiger partial charge in [-0.25, -0.2) is 0 Å². The Morgan fingerprint density at radius 2 is 1.84 bits per heavy atom. The van der Waals surface area contributed by atoms with Crippen LogP contribution in [0.3, 0.4) is 0 Å². The second-order valence-electron chi connectivity index (χ2n) is 4.01. The summed E-state index contributed by atoms with van der Waals surface area (Å²) in [5.74, 6) is 0.433. The largest absolute Gasteiger partial charge is 0.489 e. The number of aliphatic hydroxyl groups is 1. The van der Waals surface area contributed by atoms with Gasteiger partial charge in [-0.05, 0) is 18.2 Å². The summed E-state index contributed by atoms with van der Waals surface area (Å²) in [5, 5.41) is 10.8. The Labute approximate surface area is 121 Å². The van der Waals surface area contributed by atoms with Gasteiger partial charge in [-0.1, -0.05) is 47.5 Å². The lowest BCUT2D eigenvalue weighted by Crippen LogP contribution is -2.11. The Hall–Kier alpha value is -1.42. The lowest BCUT2D eigenvalue weighted by atomic mass is 10.1. The smallest absolute Gasteiger partial charge is 0.139 e. The number of halogens is 2. The van der Waals surface area contributed by atoms with Gasteiger partial charge in [0.25, 0.3) is 0 Å². The number of aliphatic hydroxyl groups excluding tert-OH is 1. The minimum absolute atomic E-state index is 0.0499. The molecule has 0 radical (unpaired) electrons. The predicted octanol–water partition coefficient (Wildman–Crippen LogP) is 3.69. The van der Waals surface area contributed by atoms with Crippen LogP contribution < -0.4 is 10.5 Å². The van der Waals surface area contributed by atoms with Gasteiger partial charge in [0.2, 0.25) is 0 Å². The Kier molecular flexibility index (Phi) is 4.53. The van der Waals surface area contributed by atoms with E-state index in [-0.39, 0.29) is 6.61 Å². The molecular formula is C14H13Cl2NO2. The number of hydrogen-bond donors (Lipinski definition) is 2. The highest BCUT2D eigenvalue weighted by atomic mass is 35.5. The van der Waals surface area contributed by atoms with Crippen LogP contribution in [0, 0.1) is 0 Å². The standard InChI is InChI=1S/C14H13Cl2NO2/c15-10-5-3-7-13(14(10)16)19-8-12(18)9-4-1-2-6-11(9)17/h1-7,12,18H,8,17H2. The molecule has 0 amide bonds. The molecule has 0 aliphatic rings. The van der Waals surface area contributed by atoms with Crippen molar-refractivity contribution in [3.63, 3.8) is 0 Å². The fourth-order valence-electron chi connectivity index (χ4n) is 1.67. The van der Waals surface area contributed by atoms with Crippen LogP contribution in [-0.4, -0.2) is 11.7 Å². The first-order chi connectivity index (χ1) is 9.09. The van der Waals surface area contributed by atoms with Crippen LogP contribution in [-0.2, 0) is 0 Å². The third-order valence-electron chi connectivity index (χ3n) is 2.67. The molecule has 0 saturated carbocycles. The van der Waals surface area contributed by atoms with Crippen molar-refractivity contribution < 1.29 is 9.84 Å². The van der Waals surface area contributed by atoms with Crippen molar-refractivity contribution in [2.45, 2.75) is 6.10 Å². The summed E-state index contributed by atoms with van der Waals surface area (Å²) in [6.07, 6.45) is -0.823. The van der Waals surface area contributed by atoms with Crippen LogP contribution in [0.2, 0.25) is 10.0 Å². The zero-order valence-electron chi connectivity index (χ0n) is 10.0. The first kappa shape index (κ1) is 14.0. The molecule has 2 aromatic carbocycles. The molecule has 0 spiro atoms. The SMILES string of the molecule is Nc1ccccc1C(O)COc1cccc(Cl)c1Cl. The van der Waals surface area contributed by atoms with E-state index in [0.29, 0.717) is 27.0 Å². The van der Waals surface area contributed by atoms with Crippen molar-refractivity contribution in [3.8, 4) is 5.75 Å². The van der Waals surface area contributed by atoms with Gasteiger partial charge in [0.1, 0.15) is 23.5 Å². The number of rotatable bonds is 4. The summed E-state index contributed by atoms with van der Waals surface area (Å²) in [7, 11) is 0. The van der Waals surface area contributed by atoms with E-state index in [1.807, 2.05) is 0 Å². The number of ether oxygens (including phenoxy) is 1. The number of hydrogen-bond acceptors (Lipinski definition) is 3. The van der Waals surface area contributed by atoms with Crippen molar-refractivity contribution in [2.24, 2.45) is 0 Å². The van der Waals surface area contributed by atoms with Gasteiger partial charge in [0.15, 0.2) is 0 Å². The average molecular weight is 298 g/mol. The number of benzene rings is 2. The van der Waals surface area contributed by atoms with Crippen molar-refractivity contribution >= 4 is 28.9 Å².